The van der Waals surface area contributed by atoms with E-state index in [0.29, 0.717) is 36.1 Å². The van der Waals surface area contributed by atoms with Crippen molar-refractivity contribution in [2.75, 3.05) is 32.2 Å². The zero-order chi connectivity index (χ0) is 16.8. The number of hydrogen-bond acceptors (Lipinski definition) is 4. The van der Waals surface area contributed by atoms with Gasteiger partial charge < -0.3 is 25.4 Å². The Morgan fingerprint density at radius 1 is 1.39 bits per heavy atom. The Morgan fingerprint density at radius 3 is 2.87 bits per heavy atom. The lowest BCUT2D eigenvalue weighted by Crippen LogP contribution is -2.45. The summed E-state index contributed by atoms with van der Waals surface area (Å²) in [5.74, 6) is -0.259. The standard InChI is InChI=1S/C15H20ClN3O4/c1-3-23-13-8-22-7-12(13)19-15(21)18-11-6-9(14(20)17-2)4-5-10(11)16/h4-6,12-13H,3,7-8H2,1-2H3,(H,17,20)(H2,18,19,21). The van der Waals surface area contributed by atoms with Crippen LogP contribution in [0.5, 0.6) is 0 Å². The van der Waals surface area contributed by atoms with Gasteiger partial charge in [0.1, 0.15) is 6.10 Å². The van der Waals surface area contributed by atoms with Crippen LogP contribution in [0, 0.1) is 0 Å². The average Bonchev–Trinajstić information content (AvgIpc) is 2.96. The van der Waals surface area contributed by atoms with Gasteiger partial charge in [-0.05, 0) is 25.1 Å². The summed E-state index contributed by atoms with van der Waals surface area (Å²) in [5, 5.41) is 8.30. The van der Waals surface area contributed by atoms with Gasteiger partial charge in [0.25, 0.3) is 5.91 Å². The first-order valence-corrected chi connectivity index (χ1v) is 7.71. The van der Waals surface area contributed by atoms with Gasteiger partial charge in [0.05, 0.1) is 30.0 Å². The zero-order valence-electron chi connectivity index (χ0n) is 13.0. The first-order valence-electron chi connectivity index (χ1n) is 7.33. The smallest absolute Gasteiger partial charge is 0.319 e. The Kier molecular flexibility index (Phi) is 6.20. The number of carbonyl (C=O) groups excluding carboxylic acids is 2. The summed E-state index contributed by atoms with van der Waals surface area (Å²) in [4.78, 5) is 23.8. The Bertz CT molecular complexity index is 582. The maximum Gasteiger partial charge on any atom is 0.319 e. The first-order chi connectivity index (χ1) is 11.0. The molecule has 8 heteroatoms. The van der Waals surface area contributed by atoms with Crippen LogP contribution in [-0.2, 0) is 9.47 Å². The molecule has 1 heterocycles. The molecule has 0 aliphatic carbocycles. The number of amides is 3. The number of urea groups is 1. The van der Waals surface area contributed by atoms with Gasteiger partial charge in [-0.3, -0.25) is 4.79 Å². The van der Waals surface area contributed by atoms with E-state index in [1.165, 1.54) is 13.1 Å². The van der Waals surface area contributed by atoms with Crippen molar-refractivity contribution < 1.29 is 19.1 Å². The predicted octanol–water partition coefficient (Wildman–Crippen LogP) is 1.63. The maximum absolute atomic E-state index is 12.1. The van der Waals surface area contributed by atoms with Gasteiger partial charge in [-0.1, -0.05) is 11.6 Å². The van der Waals surface area contributed by atoms with Crippen molar-refractivity contribution in [1.29, 1.82) is 0 Å². The van der Waals surface area contributed by atoms with E-state index in [1.807, 2.05) is 6.92 Å². The lowest BCUT2D eigenvalue weighted by molar-refractivity contribution is 0.0428. The van der Waals surface area contributed by atoms with Gasteiger partial charge >= 0.3 is 6.03 Å². The normalized spacial score (nSPS) is 20.1. The number of rotatable bonds is 5. The highest BCUT2D eigenvalue weighted by Gasteiger charge is 2.30. The van der Waals surface area contributed by atoms with Gasteiger partial charge in [-0.25, -0.2) is 4.79 Å². The minimum Gasteiger partial charge on any atom is -0.376 e. The van der Waals surface area contributed by atoms with E-state index in [4.69, 9.17) is 21.1 Å². The summed E-state index contributed by atoms with van der Waals surface area (Å²) in [6, 6.07) is 4.01. The largest absolute Gasteiger partial charge is 0.376 e. The number of ether oxygens (including phenoxy) is 2. The number of hydrogen-bond donors (Lipinski definition) is 3. The molecular formula is C15H20ClN3O4. The molecule has 0 bridgehead atoms. The molecule has 1 saturated heterocycles. The van der Waals surface area contributed by atoms with Crippen LogP contribution >= 0.6 is 11.6 Å². The molecule has 7 nitrogen and oxygen atoms in total. The van der Waals surface area contributed by atoms with Crippen molar-refractivity contribution in [2.45, 2.75) is 19.1 Å². The Labute approximate surface area is 139 Å². The van der Waals surface area contributed by atoms with Crippen LogP contribution in [0.1, 0.15) is 17.3 Å². The molecule has 2 atom stereocenters. The minimum atomic E-state index is -0.429. The average molecular weight is 342 g/mol. The second kappa shape index (κ2) is 8.14. The molecule has 1 aliphatic rings. The highest BCUT2D eigenvalue weighted by molar-refractivity contribution is 6.33. The van der Waals surface area contributed by atoms with E-state index < -0.39 is 6.03 Å². The molecular weight excluding hydrogens is 322 g/mol. The molecule has 2 unspecified atom stereocenters. The Morgan fingerprint density at radius 2 is 2.17 bits per heavy atom. The lowest BCUT2D eigenvalue weighted by atomic mass is 10.2. The summed E-state index contributed by atoms with van der Waals surface area (Å²) < 4.78 is 10.8. The van der Waals surface area contributed by atoms with Crippen molar-refractivity contribution >= 4 is 29.2 Å². The fourth-order valence-electron chi connectivity index (χ4n) is 2.28. The van der Waals surface area contributed by atoms with Gasteiger partial charge in [0.15, 0.2) is 0 Å². The quantitative estimate of drug-likeness (QED) is 0.759. The number of nitrogens with one attached hydrogen (secondary N) is 3. The second-order valence-electron chi connectivity index (χ2n) is 5.01. The van der Waals surface area contributed by atoms with Gasteiger partial charge in [-0.15, -0.1) is 0 Å². The SMILES string of the molecule is CCOC1COCC1NC(=O)Nc1cc(C(=O)NC)ccc1Cl. The summed E-state index contributed by atoms with van der Waals surface area (Å²) in [6.45, 7) is 3.28. The van der Waals surface area contributed by atoms with E-state index >= 15 is 0 Å². The first kappa shape index (κ1) is 17.5. The van der Waals surface area contributed by atoms with Gasteiger partial charge in [0, 0.05) is 19.2 Å². The molecule has 1 fully saturated rings. The summed E-state index contributed by atoms with van der Waals surface area (Å²) >= 11 is 6.06. The Balaban J connectivity index is 2.01. The topological polar surface area (TPSA) is 88.7 Å². The second-order valence-corrected chi connectivity index (χ2v) is 5.42. The van der Waals surface area contributed by atoms with Crippen molar-refractivity contribution in [1.82, 2.24) is 10.6 Å². The molecule has 0 aromatic heterocycles. The molecule has 0 spiro atoms. The number of carbonyl (C=O) groups is 2. The number of anilines is 1. The molecule has 0 radical (unpaired) electrons. The van der Waals surface area contributed by atoms with E-state index in [2.05, 4.69) is 16.0 Å². The third-order valence-electron chi connectivity index (χ3n) is 3.43. The van der Waals surface area contributed by atoms with Gasteiger partial charge in [0.2, 0.25) is 0 Å². The van der Waals surface area contributed by atoms with Crippen LogP contribution in [0.2, 0.25) is 5.02 Å². The van der Waals surface area contributed by atoms with E-state index in [-0.39, 0.29) is 18.1 Å². The molecule has 1 aromatic rings. The van der Waals surface area contributed by atoms with Crippen molar-refractivity contribution in [3.63, 3.8) is 0 Å². The summed E-state index contributed by atoms with van der Waals surface area (Å²) in [7, 11) is 1.53. The van der Waals surface area contributed by atoms with E-state index in [0.717, 1.165) is 0 Å². The lowest BCUT2D eigenvalue weighted by Gasteiger charge is -2.19. The van der Waals surface area contributed by atoms with Crippen LogP contribution in [0.4, 0.5) is 10.5 Å². The molecule has 126 valence electrons. The molecule has 23 heavy (non-hydrogen) atoms. The highest BCUT2D eigenvalue weighted by atomic mass is 35.5. The summed E-state index contributed by atoms with van der Waals surface area (Å²) in [6.07, 6.45) is -0.168. The van der Waals surface area contributed by atoms with Crippen LogP contribution < -0.4 is 16.0 Å². The fourth-order valence-corrected chi connectivity index (χ4v) is 2.45. The predicted molar refractivity (Wildman–Crippen MR) is 87.0 cm³/mol. The molecule has 3 amide bonds. The third kappa shape index (κ3) is 4.57. The highest BCUT2D eigenvalue weighted by Crippen LogP contribution is 2.23. The number of benzene rings is 1. The van der Waals surface area contributed by atoms with E-state index in [9.17, 15) is 9.59 Å². The van der Waals surface area contributed by atoms with Crippen LogP contribution in [-0.4, -0.2) is 51.0 Å². The molecule has 3 N–H and O–H groups in total. The number of halogens is 1. The monoisotopic (exact) mass is 341 g/mol. The summed E-state index contributed by atoms with van der Waals surface area (Å²) in [5.41, 5.74) is 0.765. The molecule has 1 aliphatic heterocycles. The minimum absolute atomic E-state index is 0.168. The van der Waals surface area contributed by atoms with Crippen LogP contribution in [0.3, 0.4) is 0 Å². The van der Waals surface area contributed by atoms with Gasteiger partial charge in [-0.2, -0.15) is 0 Å². The van der Waals surface area contributed by atoms with Crippen molar-refractivity contribution in [3.8, 4) is 0 Å². The Hall–Kier alpha value is -1.83. The molecule has 0 saturated carbocycles. The van der Waals surface area contributed by atoms with Crippen molar-refractivity contribution in [3.05, 3.63) is 28.8 Å². The van der Waals surface area contributed by atoms with E-state index in [1.54, 1.807) is 12.1 Å². The van der Waals surface area contributed by atoms with Crippen LogP contribution in [0.15, 0.2) is 18.2 Å². The van der Waals surface area contributed by atoms with Crippen molar-refractivity contribution in [2.24, 2.45) is 0 Å². The molecule has 1 aromatic carbocycles. The molecule has 2 rings (SSSR count). The third-order valence-corrected chi connectivity index (χ3v) is 3.76. The zero-order valence-corrected chi connectivity index (χ0v) is 13.8. The fraction of sp³-hybridized carbons (Fsp3) is 0.467. The van der Waals surface area contributed by atoms with Crippen LogP contribution in [0.25, 0.3) is 0 Å². The maximum atomic E-state index is 12.1.